The van der Waals surface area contributed by atoms with Crippen LogP contribution in [-0.4, -0.2) is 42.6 Å². The smallest absolute Gasteiger partial charge is 0.312 e. The molecule has 1 saturated carbocycles. The molecule has 2 fully saturated rings. The third kappa shape index (κ3) is 2.95. The molecular weight excluding hydrogens is 240 g/mol. The molecule has 1 aliphatic heterocycles. The number of likely N-dealkylation sites (tertiary alicyclic amines) is 1. The molecular formula is C15H28N2O2. The van der Waals surface area contributed by atoms with Crippen LogP contribution in [0.1, 0.15) is 51.9 Å². The number of carbonyl (C=O) groups excluding carboxylic acids is 1. The minimum Gasteiger partial charge on any atom is -0.466 e. The van der Waals surface area contributed by atoms with Crippen LogP contribution in [0.3, 0.4) is 0 Å². The van der Waals surface area contributed by atoms with Gasteiger partial charge < -0.3 is 10.5 Å². The molecule has 0 bridgehead atoms. The summed E-state index contributed by atoms with van der Waals surface area (Å²) in [5.41, 5.74) is 5.94. The molecule has 0 unspecified atom stereocenters. The Hall–Kier alpha value is -0.610. The maximum Gasteiger partial charge on any atom is 0.312 e. The van der Waals surface area contributed by atoms with Gasteiger partial charge in [0.25, 0.3) is 0 Å². The van der Waals surface area contributed by atoms with Gasteiger partial charge in [-0.2, -0.15) is 0 Å². The first-order chi connectivity index (χ1) is 9.24. The van der Waals surface area contributed by atoms with Crippen molar-refractivity contribution in [3.8, 4) is 0 Å². The third-order valence-electron chi connectivity index (χ3n) is 4.91. The van der Waals surface area contributed by atoms with Crippen LogP contribution in [0, 0.1) is 5.92 Å². The number of esters is 1. The summed E-state index contributed by atoms with van der Waals surface area (Å²) < 4.78 is 5.28. The number of hydrogen-bond acceptors (Lipinski definition) is 4. The molecule has 0 aromatic heterocycles. The first-order valence-corrected chi connectivity index (χ1v) is 7.86. The Kier molecular flexibility index (Phi) is 5.22. The molecule has 1 heterocycles. The van der Waals surface area contributed by atoms with Gasteiger partial charge in [0.2, 0.25) is 0 Å². The molecule has 0 aromatic rings. The zero-order valence-corrected chi connectivity index (χ0v) is 12.2. The summed E-state index contributed by atoms with van der Waals surface area (Å²) in [5, 5.41) is 0. The van der Waals surface area contributed by atoms with Crippen molar-refractivity contribution in [2.24, 2.45) is 11.7 Å². The topological polar surface area (TPSA) is 55.6 Å². The van der Waals surface area contributed by atoms with Crippen molar-refractivity contribution in [3.63, 3.8) is 0 Å². The number of rotatable bonds is 5. The highest BCUT2D eigenvalue weighted by molar-refractivity contribution is 5.74. The average molecular weight is 268 g/mol. The van der Waals surface area contributed by atoms with Crippen LogP contribution in [-0.2, 0) is 9.53 Å². The van der Waals surface area contributed by atoms with E-state index in [1.807, 2.05) is 6.92 Å². The average Bonchev–Trinajstić information content (AvgIpc) is 2.91. The van der Waals surface area contributed by atoms with E-state index in [9.17, 15) is 4.79 Å². The van der Waals surface area contributed by atoms with Gasteiger partial charge in [0.05, 0.1) is 12.5 Å². The summed E-state index contributed by atoms with van der Waals surface area (Å²) in [6, 6.07) is 0. The lowest BCUT2D eigenvalue weighted by molar-refractivity contribution is -0.154. The van der Waals surface area contributed by atoms with Gasteiger partial charge in [0.15, 0.2) is 0 Å². The van der Waals surface area contributed by atoms with E-state index in [1.54, 1.807) is 0 Å². The zero-order chi connectivity index (χ0) is 13.7. The van der Waals surface area contributed by atoms with Crippen molar-refractivity contribution in [1.82, 2.24) is 4.90 Å². The third-order valence-corrected chi connectivity index (χ3v) is 4.91. The second-order valence-electron chi connectivity index (χ2n) is 5.90. The normalized spacial score (nSPS) is 25.2. The molecule has 1 aliphatic carbocycles. The van der Waals surface area contributed by atoms with E-state index in [0.717, 1.165) is 25.9 Å². The predicted octanol–water partition coefficient (Wildman–Crippen LogP) is 1.92. The molecule has 2 N–H and O–H groups in total. The minimum atomic E-state index is -0.145. The molecule has 1 saturated heterocycles. The van der Waals surface area contributed by atoms with Gasteiger partial charge in [-0.25, -0.2) is 0 Å². The van der Waals surface area contributed by atoms with E-state index in [2.05, 4.69) is 4.90 Å². The molecule has 0 amide bonds. The van der Waals surface area contributed by atoms with Crippen molar-refractivity contribution in [3.05, 3.63) is 0 Å². The number of ether oxygens (including phenoxy) is 1. The molecule has 2 rings (SSSR count). The lowest BCUT2D eigenvalue weighted by atomic mass is 9.79. The van der Waals surface area contributed by atoms with Crippen LogP contribution in [0.25, 0.3) is 0 Å². The highest BCUT2D eigenvalue weighted by Crippen LogP contribution is 2.42. The van der Waals surface area contributed by atoms with Gasteiger partial charge >= 0.3 is 5.97 Å². The fraction of sp³-hybridized carbons (Fsp3) is 0.933. The number of piperidine rings is 1. The molecule has 19 heavy (non-hydrogen) atoms. The number of hydrogen-bond donors (Lipinski definition) is 1. The lowest BCUT2D eigenvalue weighted by Gasteiger charge is -2.47. The Morgan fingerprint density at radius 1 is 1.21 bits per heavy atom. The van der Waals surface area contributed by atoms with Crippen molar-refractivity contribution in [1.29, 1.82) is 0 Å². The van der Waals surface area contributed by atoms with E-state index in [-0.39, 0.29) is 17.4 Å². The lowest BCUT2D eigenvalue weighted by Crippen LogP contribution is -2.58. The van der Waals surface area contributed by atoms with Crippen LogP contribution in [0.15, 0.2) is 0 Å². The van der Waals surface area contributed by atoms with Gasteiger partial charge in [-0.1, -0.05) is 19.3 Å². The number of carbonyl (C=O) groups is 1. The molecule has 0 aromatic carbocycles. The monoisotopic (exact) mass is 268 g/mol. The fourth-order valence-electron chi connectivity index (χ4n) is 3.99. The zero-order valence-electron chi connectivity index (χ0n) is 12.2. The Balaban J connectivity index is 2.18. The van der Waals surface area contributed by atoms with Gasteiger partial charge in [0, 0.05) is 12.1 Å². The van der Waals surface area contributed by atoms with Gasteiger partial charge in [-0.15, -0.1) is 0 Å². The van der Waals surface area contributed by atoms with Crippen LogP contribution >= 0.6 is 0 Å². The van der Waals surface area contributed by atoms with Gasteiger partial charge in [0.1, 0.15) is 0 Å². The van der Waals surface area contributed by atoms with E-state index >= 15 is 0 Å². The molecule has 0 spiro atoms. The van der Waals surface area contributed by atoms with Gasteiger partial charge in [-0.3, -0.25) is 9.69 Å². The maximum absolute atomic E-state index is 12.3. The molecule has 4 heteroatoms. The highest BCUT2D eigenvalue weighted by atomic mass is 16.5. The Morgan fingerprint density at radius 3 is 2.37 bits per heavy atom. The van der Waals surface area contributed by atoms with Crippen LogP contribution in [0.4, 0.5) is 0 Å². The molecule has 2 aliphatic rings. The van der Waals surface area contributed by atoms with Crippen LogP contribution in [0.2, 0.25) is 0 Å². The quantitative estimate of drug-likeness (QED) is 0.774. The number of nitrogens with two attached hydrogens (primary N) is 1. The minimum absolute atomic E-state index is 0.0125. The molecule has 0 radical (unpaired) electrons. The van der Waals surface area contributed by atoms with Gasteiger partial charge in [-0.05, 0) is 45.7 Å². The predicted molar refractivity (Wildman–Crippen MR) is 75.8 cm³/mol. The fourth-order valence-corrected chi connectivity index (χ4v) is 3.99. The second kappa shape index (κ2) is 6.71. The highest BCUT2D eigenvalue weighted by Gasteiger charge is 2.49. The van der Waals surface area contributed by atoms with E-state index in [4.69, 9.17) is 10.5 Å². The summed E-state index contributed by atoms with van der Waals surface area (Å²) in [6.07, 6.45) is 8.46. The van der Waals surface area contributed by atoms with E-state index in [1.165, 1.54) is 32.1 Å². The standard InChI is InChI=1S/C15H28N2O2/c1-2-19-14(18)13(12-16)15(8-4-5-9-15)17-10-6-3-7-11-17/h13H,2-12,16H2,1H3/t13-/m0/s1. The van der Waals surface area contributed by atoms with E-state index in [0.29, 0.717) is 13.2 Å². The number of nitrogens with zero attached hydrogens (tertiary/aromatic N) is 1. The van der Waals surface area contributed by atoms with Crippen LogP contribution < -0.4 is 5.73 Å². The largest absolute Gasteiger partial charge is 0.466 e. The first kappa shape index (κ1) is 14.8. The molecule has 1 atom stereocenters. The van der Waals surface area contributed by atoms with Crippen LogP contribution in [0.5, 0.6) is 0 Å². The maximum atomic E-state index is 12.3. The first-order valence-electron chi connectivity index (χ1n) is 7.86. The Morgan fingerprint density at radius 2 is 1.84 bits per heavy atom. The molecule has 4 nitrogen and oxygen atoms in total. The summed E-state index contributed by atoms with van der Waals surface area (Å²) in [4.78, 5) is 14.8. The van der Waals surface area contributed by atoms with Crippen molar-refractivity contribution in [2.45, 2.75) is 57.4 Å². The Bertz CT molecular complexity index is 295. The van der Waals surface area contributed by atoms with Crippen molar-refractivity contribution in [2.75, 3.05) is 26.2 Å². The summed E-state index contributed by atoms with van der Waals surface area (Å²) in [7, 11) is 0. The van der Waals surface area contributed by atoms with Crippen molar-refractivity contribution < 1.29 is 9.53 Å². The van der Waals surface area contributed by atoms with E-state index < -0.39 is 0 Å². The van der Waals surface area contributed by atoms with Crippen molar-refractivity contribution >= 4 is 5.97 Å². The second-order valence-corrected chi connectivity index (χ2v) is 5.90. The summed E-state index contributed by atoms with van der Waals surface area (Å²) in [5.74, 6) is -0.231. The summed E-state index contributed by atoms with van der Waals surface area (Å²) in [6.45, 7) is 4.97. The molecule has 110 valence electrons. The summed E-state index contributed by atoms with van der Waals surface area (Å²) >= 11 is 0. The Labute approximate surface area is 116 Å². The SMILES string of the molecule is CCOC(=O)[C@H](CN)C1(N2CCCCC2)CCCC1.